The van der Waals surface area contributed by atoms with E-state index < -0.39 is 11.9 Å². The average Bonchev–Trinajstić information content (AvgIpc) is 2.41. The van der Waals surface area contributed by atoms with Crippen molar-refractivity contribution in [2.24, 2.45) is 0 Å². The van der Waals surface area contributed by atoms with E-state index in [1.54, 1.807) is 6.92 Å². The van der Waals surface area contributed by atoms with Crippen LogP contribution in [0.4, 0.5) is 15.8 Å². The number of rotatable bonds is 7. The summed E-state index contributed by atoms with van der Waals surface area (Å²) in [5.74, 6) is -0.847. The monoisotopic (exact) mass is 283 g/mol. The van der Waals surface area contributed by atoms with Crippen molar-refractivity contribution in [3.63, 3.8) is 0 Å². The summed E-state index contributed by atoms with van der Waals surface area (Å²) in [6, 6.07) is 3.58. The lowest BCUT2D eigenvalue weighted by Crippen LogP contribution is -2.43. The first-order chi connectivity index (χ1) is 9.49. The smallest absolute Gasteiger partial charge is 0.241 e. The molecule has 0 aliphatic rings. The van der Waals surface area contributed by atoms with Gasteiger partial charge in [0.1, 0.15) is 5.82 Å². The molecule has 1 aromatic rings. The summed E-state index contributed by atoms with van der Waals surface area (Å²) >= 11 is 0. The second kappa shape index (κ2) is 7.81. The van der Waals surface area contributed by atoms with Gasteiger partial charge in [-0.2, -0.15) is 0 Å². The molecule has 0 saturated carbocycles. The van der Waals surface area contributed by atoms with Crippen molar-refractivity contribution in [2.75, 3.05) is 30.7 Å². The maximum atomic E-state index is 13.6. The van der Waals surface area contributed by atoms with Gasteiger partial charge in [0, 0.05) is 12.2 Å². The highest BCUT2D eigenvalue weighted by Crippen LogP contribution is 2.18. The third-order valence-electron chi connectivity index (χ3n) is 3.07. The third kappa shape index (κ3) is 4.47. The number of hydrogen-bond acceptors (Lipinski definition) is 4. The minimum absolute atomic E-state index is 0.0235. The van der Waals surface area contributed by atoms with Gasteiger partial charge in [0.2, 0.25) is 5.91 Å². The van der Waals surface area contributed by atoms with Crippen molar-refractivity contribution in [3.8, 4) is 0 Å². The van der Waals surface area contributed by atoms with Gasteiger partial charge in [0.15, 0.2) is 0 Å². The largest absolute Gasteiger partial charge is 0.399 e. The van der Waals surface area contributed by atoms with Crippen LogP contribution in [0.25, 0.3) is 0 Å². The molecule has 1 unspecified atom stereocenters. The highest BCUT2D eigenvalue weighted by atomic mass is 19.1. The van der Waals surface area contributed by atoms with E-state index in [4.69, 9.17) is 10.8 Å². The minimum atomic E-state index is -0.524. The summed E-state index contributed by atoms with van der Waals surface area (Å²) < 4.78 is 13.6. The molecule has 0 saturated heterocycles. The first-order valence-corrected chi connectivity index (χ1v) is 6.70. The SMILES string of the molecule is CCCN(CCO)C(C)C(=O)Nc1cc(N)ccc1F. The van der Waals surface area contributed by atoms with Crippen LogP contribution in [-0.2, 0) is 4.79 Å². The third-order valence-corrected chi connectivity index (χ3v) is 3.07. The Labute approximate surface area is 118 Å². The second-order valence-corrected chi connectivity index (χ2v) is 4.66. The molecule has 1 amide bonds. The van der Waals surface area contributed by atoms with Gasteiger partial charge in [0.05, 0.1) is 18.3 Å². The molecule has 0 aliphatic carbocycles. The lowest BCUT2D eigenvalue weighted by atomic mass is 10.2. The van der Waals surface area contributed by atoms with Gasteiger partial charge < -0.3 is 16.2 Å². The Morgan fingerprint density at radius 2 is 2.20 bits per heavy atom. The number of nitrogens with two attached hydrogens (primary N) is 1. The number of benzene rings is 1. The van der Waals surface area contributed by atoms with Crippen LogP contribution in [0.15, 0.2) is 18.2 Å². The summed E-state index contributed by atoms with van der Waals surface area (Å²) in [6.45, 7) is 4.79. The number of halogens is 1. The predicted octanol–water partition coefficient (Wildman–Crippen LogP) is 1.44. The summed E-state index contributed by atoms with van der Waals surface area (Å²) in [4.78, 5) is 14.0. The van der Waals surface area contributed by atoms with Crippen molar-refractivity contribution < 1.29 is 14.3 Å². The van der Waals surface area contributed by atoms with Crippen molar-refractivity contribution >= 4 is 17.3 Å². The number of aliphatic hydroxyl groups is 1. The fourth-order valence-corrected chi connectivity index (χ4v) is 1.96. The number of carbonyl (C=O) groups is 1. The quantitative estimate of drug-likeness (QED) is 0.662. The van der Waals surface area contributed by atoms with Crippen LogP contribution in [0.5, 0.6) is 0 Å². The van der Waals surface area contributed by atoms with Crippen LogP contribution in [0.2, 0.25) is 0 Å². The molecule has 0 spiro atoms. The molecule has 0 aliphatic heterocycles. The molecular weight excluding hydrogens is 261 g/mol. The standard InChI is InChI=1S/C14H22FN3O2/c1-3-6-18(7-8-19)10(2)14(20)17-13-9-11(16)4-5-12(13)15/h4-5,9-10,19H,3,6-8,16H2,1-2H3,(H,17,20). The second-order valence-electron chi connectivity index (χ2n) is 4.66. The Balaban J connectivity index is 2.75. The fourth-order valence-electron chi connectivity index (χ4n) is 1.96. The maximum absolute atomic E-state index is 13.6. The molecule has 112 valence electrons. The van der Waals surface area contributed by atoms with E-state index in [0.717, 1.165) is 6.42 Å². The summed E-state index contributed by atoms with van der Waals surface area (Å²) in [5, 5.41) is 11.5. The van der Waals surface area contributed by atoms with E-state index in [0.29, 0.717) is 18.8 Å². The van der Waals surface area contributed by atoms with Crippen LogP contribution in [0.1, 0.15) is 20.3 Å². The van der Waals surface area contributed by atoms with Crippen molar-refractivity contribution in [1.29, 1.82) is 0 Å². The number of aliphatic hydroxyl groups excluding tert-OH is 1. The van der Waals surface area contributed by atoms with Crippen molar-refractivity contribution in [1.82, 2.24) is 4.90 Å². The number of hydrogen-bond donors (Lipinski definition) is 3. The number of nitrogens with zero attached hydrogens (tertiary/aromatic N) is 1. The molecule has 0 aromatic heterocycles. The van der Waals surface area contributed by atoms with E-state index in [9.17, 15) is 9.18 Å². The lowest BCUT2D eigenvalue weighted by molar-refractivity contribution is -0.120. The zero-order chi connectivity index (χ0) is 15.1. The number of amides is 1. The van der Waals surface area contributed by atoms with Gasteiger partial charge in [-0.3, -0.25) is 9.69 Å². The zero-order valence-corrected chi connectivity index (χ0v) is 11.9. The molecule has 0 heterocycles. The number of anilines is 2. The number of carbonyl (C=O) groups excluding carboxylic acids is 1. The first kappa shape index (κ1) is 16.4. The van der Waals surface area contributed by atoms with E-state index >= 15 is 0 Å². The molecule has 1 rings (SSSR count). The summed E-state index contributed by atoms with van der Waals surface area (Å²) in [7, 11) is 0. The minimum Gasteiger partial charge on any atom is -0.399 e. The van der Waals surface area contributed by atoms with Crippen LogP contribution < -0.4 is 11.1 Å². The zero-order valence-electron chi connectivity index (χ0n) is 11.9. The molecule has 20 heavy (non-hydrogen) atoms. The molecule has 0 radical (unpaired) electrons. The Bertz CT molecular complexity index is 448. The van der Waals surface area contributed by atoms with Gasteiger partial charge in [-0.25, -0.2) is 4.39 Å². The molecule has 4 N–H and O–H groups in total. The van der Waals surface area contributed by atoms with Gasteiger partial charge in [0.25, 0.3) is 0 Å². The van der Waals surface area contributed by atoms with E-state index in [-0.39, 0.29) is 18.2 Å². The molecule has 5 nitrogen and oxygen atoms in total. The molecule has 6 heteroatoms. The highest BCUT2D eigenvalue weighted by Gasteiger charge is 2.21. The Morgan fingerprint density at radius 1 is 1.50 bits per heavy atom. The summed E-state index contributed by atoms with van der Waals surface area (Å²) in [6.07, 6.45) is 0.865. The first-order valence-electron chi connectivity index (χ1n) is 6.70. The van der Waals surface area contributed by atoms with Crippen LogP contribution in [0, 0.1) is 5.82 Å². The van der Waals surface area contributed by atoms with E-state index in [1.165, 1.54) is 18.2 Å². The molecule has 0 bridgehead atoms. The topological polar surface area (TPSA) is 78.6 Å². The Kier molecular flexibility index (Phi) is 6.41. The van der Waals surface area contributed by atoms with Crippen molar-refractivity contribution in [2.45, 2.75) is 26.3 Å². The van der Waals surface area contributed by atoms with Crippen LogP contribution in [0.3, 0.4) is 0 Å². The molecule has 0 fully saturated rings. The number of nitrogen functional groups attached to an aromatic ring is 1. The normalized spacial score (nSPS) is 12.4. The predicted molar refractivity (Wildman–Crippen MR) is 77.9 cm³/mol. The maximum Gasteiger partial charge on any atom is 0.241 e. The Morgan fingerprint density at radius 3 is 2.80 bits per heavy atom. The van der Waals surface area contributed by atoms with Gasteiger partial charge >= 0.3 is 0 Å². The van der Waals surface area contributed by atoms with Crippen molar-refractivity contribution in [3.05, 3.63) is 24.0 Å². The van der Waals surface area contributed by atoms with E-state index in [1.807, 2.05) is 11.8 Å². The van der Waals surface area contributed by atoms with Gasteiger partial charge in [-0.15, -0.1) is 0 Å². The molecule has 1 aromatic carbocycles. The van der Waals surface area contributed by atoms with Gasteiger partial charge in [-0.05, 0) is 38.1 Å². The average molecular weight is 283 g/mol. The number of nitrogens with one attached hydrogen (secondary N) is 1. The van der Waals surface area contributed by atoms with Crippen LogP contribution in [-0.4, -0.2) is 41.7 Å². The molecular formula is C14H22FN3O2. The van der Waals surface area contributed by atoms with Crippen LogP contribution >= 0.6 is 0 Å². The van der Waals surface area contributed by atoms with Gasteiger partial charge in [-0.1, -0.05) is 6.92 Å². The van der Waals surface area contributed by atoms with E-state index in [2.05, 4.69) is 5.32 Å². The summed E-state index contributed by atoms with van der Waals surface area (Å²) in [5.41, 5.74) is 6.03. The Hall–Kier alpha value is -1.66. The molecule has 1 atom stereocenters. The fraction of sp³-hybridized carbons (Fsp3) is 0.500. The lowest BCUT2D eigenvalue weighted by Gasteiger charge is -2.27. The highest BCUT2D eigenvalue weighted by molar-refractivity contribution is 5.95.